The molecule has 5 nitrogen and oxygen atoms in total. The first-order valence-corrected chi connectivity index (χ1v) is 9.13. The van der Waals surface area contributed by atoms with E-state index in [9.17, 15) is 0 Å². The van der Waals surface area contributed by atoms with Crippen molar-refractivity contribution < 1.29 is 9.47 Å². The Labute approximate surface area is 145 Å². The first-order chi connectivity index (χ1) is 11.7. The molecular formula is C19H31N3O2. The molecule has 1 N–H and O–H groups in total. The molecule has 1 aromatic rings. The van der Waals surface area contributed by atoms with E-state index in [1.54, 1.807) is 14.2 Å². The van der Waals surface area contributed by atoms with Gasteiger partial charge in [-0.3, -0.25) is 4.90 Å². The summed E-state index contributed by atoms with van der Waals surface area (Å²) in [5.74, 6) is 1.79. The number of likely N-dealkylation sites (tertiary alicyclic amines) is 1. The van der Waals surface area contributed by atoms with Crippen molar-refractivity contribution in [1.29, 1.82) is 0 Å². The van der Waals surface area contributed by atoms with E-state index < -0.39 is 0 Å². The maximum absolute atomic E-state index is 5.71. The Balaban J connectivity index is 1.87. The van der Waals surface area contributed by atoms with Gasteiger partial charge in [0.25, 0.3) is 0 Å². The van der Waals surface area contributed by atoms with E-state index in [1.807, 2.05) is 6.07 Å². The number of piperazine rings is 1. The molecule has 2 aliphatic heterocycles. The lowest BCUT2D eigenvalue weighted by Crippen LogP contribution is -2.52. The van der Waals surface area contributed by atoms with Crippen molar-refractivity contribution in [1.82, 2.24) is 15.1 Å². The topological polar surface area (TPSA) is 37.0 Å². The van der Waals surface area contributed by atoms with Crippen LogP contribution in [0.15, 0.2) is 18.2 Å². The lowest BCUT2D eigenvalue weighted by atomic mass is 10.0. The summed E-state index contributed by atoms with van der Waals surface area (Å²) >= 11 is 0. The molecule has 2 aliphatic rings. The van der Waals surface area contributed by atoms with E-state index in [4.69, 9.17) is 9.47 Å². The lowest BCUT2D eigenvalue weighted by molar-refractivity contribution is 0.115. The quantitative estimate of drug-likeness (QED) is 0.863. The van der Waals surface area contributed by atoms with Crippen LogP contribution in [0, 0.1) is 0 Å². The molecule has 0 radical (unpaired) electrons. The Bertz CT molecular complexity index is 531. The van der Waals surface area contributed by atoms with Crippen molar-refractivity contribution in [3.63, 3.8) is 0 Å². The Morgan fingerprint density at radius 1 is 1.17 bits per heavy atom. The first-order valence-electron chi connectivity index (χ1n) is 9.13. The van der Waals surface area contributed by atoms with Crippen LogP contribution in [0.1, 0.15) is 31.4 Å². The van der Waals surface area contributed by atoms with Crippen molar-refractivity contribution in [3.8, 4) is 11.5 Å². The third-order valence-electron chi connectivity index (χ3n) is 5.27. The summed E-state index contributed by atoms with van der Waals surface area (Å²) in [4.78, 5) is 5.21. The molecule has 134 valence electrons. The summed E-state index contributed by atoms with van der Waals surface area (Å²) in [6.45, 7) is 8.99. The van der Waals surface area contributed by atoms with Gasteiger partial charge in [0.15, 0.2) is 0 Å². The fourth-order valence-corrected chi connectivity index (χ4v) is 3.96. The Morgan fingerprint density at radius 3 is 2.62 bits per heavy atom. The second kappa shape index (κ2) is 8.19. The molecule has 2 atom stereocenters. The summed E-state index contributed by atoms with van der Waals surface area (Å²) in [7, 11) is 3.46. The van der Waals surface area contributed by atoms with Gasteiger partial charge in [0.1, 0.15) is 11.5 Å². The van der Waals surface area contributed by atoms with Crippen LogP contribution in [0.3, 0.4) is 0 Å². The minimum Gasteiger partial charge on any atom is -0.497 e. The van der Waals surface area contributed by atoms with Gasteiger partial charge in [-0.25, -0.2) is 0 Å². The number of methoxy groups -OCH3 is 2. The zero-order valence-electron chi connectivity index (χ0n) is 15.3. The fourth-order valence-electron chi connectivity index (χ4n) is 3.96. The summed E-state index contributed by atoms with van der Waals surface area (Å²) < 4.78 is 11.1. The van der Waals surface area contributed by atoms with Crippen molar-refractivity contribution in [2.24, 2.45) is 0 Å². The zero-order chi connectivity index (χ0) is 16.9. The van der Waals surface area contributed by atoms with Crippen LogP contribution in [-0.2, 0) is 0 Å². The average molecular weight is 333 g/mol. The SMILES string of the molecule is COc1ccc(C(CN2CCCC2)N2CCNC(C)C2)c(OC)c1. The Hall–Kier alpha value is -1.30. The van der Waals surface area contributed by atoms with E-state index in [1.165, 1.54) is 31.5 Å². The molecule has 0 bridgehead atoms. The third kappa shape index (κ3) is 4.02. The van der Waals surface area contributed by atoms with Gasteiger partial charge in [0, 0.05) is 43.9 Å². The fraction of sp³-hybridized carbons (Fsp3) is 0.684. The standard InChI is InChI=1S/C19H31N3O2/c1-15-13-22(11-8-20-15)18(14-21-9-4-5-10-21)17-7-6-16(23-2)12-19(17)24-3/h6-7,12,15,18,20H,4-5,8-11,13-14H2,1-3H3. The molecule has 0 aliphatic carbocycles. The lowest BCUT2D eigenvalue weighted by Gasteiger charge is -2.40. The molecule has 0 amide bonds. The van der Waals surface area contributed by atoms with Crippen LogP contribution < -0.4 is 14.8 Å². The van der Waals surface area contributed by atoms with Crippen LogP contribution >= 0.6 is 0 Å². The van der Waals surface area contributed by atoms with Gasteiger partial charge in [-0.1, -0.05) is 6.07 Å². The van der Waals surface area contributed by atoms with Crippen LogP contribution in [0.4, 0.5) is 0 Å². The molecule has 24 heavy (non-hydrogen) atoms. The van der Waals surface area contributed by atoms with Crippen LogP contribution in [0.2, 0.25) is 0 Å². The van der Waals surface area contributed by atoms with Gasteiger partial charge < -0.3 is 19.7 Å². The van der Waals surface area contributed by atoms with E-state index in [0.717, 1.165) is 37.7 Å². The molecule has 2 fully saturated rings. The molecule has 5 heteroatoms. The van der Waals surface area contributed by atoms with Crippen LogP contribution in [0.5, 0.6) is 11.5 Å². The molecule has 2 unspecified atom stereocenters. The predicted octanol–water partition coefficient (Wildman–Crippen LogP) is 2.13. The van der Waals surface area contributed by atoms with Gasteiger partial charge in [-0.2, -0.15) is 0 Å². The van der Waals surface area contributed by atoms with Crippen LogP contribution in [0.25, 0.3) is 0 Å². The second-order valence-corrected chi connectivity index (χ2v) is 6.98. The maximum Gasteiger partial charge on any atom is 0.127 e. The molecular weight excluding hydrogens is 302 g/mol. The first kappa shape index (κ1) is 17.5. The number of ether oxygens (including phenoxy) is 2. The highest BCUT2D eigenvalue weighted by atomic mass is 16.5. The molecule has 2 heterocycles. The summed E-state index contributed by atoms with van der Waals surface area (Å²) in [6.07, 6.45) is 2.65. The summed E-state index contributed by atoms with van der Waals surface area (Å²) in [5.41, 5.74) is 1.28. The van der Waals surface area contributed by atoms with Gasteiger partial charge in [0.05, 0.1) is 20.3 Å². The molecule has 2 saturated heterocycles. The summed E-state index contributed by atoms with van der Waals surface area (Å²) in [5, 5.41) is 3.55. The summed E-state index contributed by atoms with van der Waals surface area (Å²) in [6, 6.07) is 7.15. The van der Waals surface area contributed by atoms with Crippen molar-refractivity contribution in [2.45, 2.75) is 31.8 Å². The molecule has 0 aromatic heterocycles. The predicted molar refractivity (Wildman–Crippen MR) is 97.0 cm³/mol. The highest BCUT2D eigenvalue weighted by Crippen LogP contribution is 2.34. The molecule has 1 aromatic carbocycles. The minimum atomic E-state index is 0.369. The van der Waals surface area contributed by atoms with E-state index in [-0.39, 0.29) is 0 Å². The number of rotatable bonds is 6. The largest absolute Gasteiger partial charge is 0.497 e. The number of benzene rings is 1. The number of hydrogen-bond donors (Lipinski definition) is 1. The van der Waals surface area contributed by atoms with Crippen molar-refractivity contribution >= 4 is 0 Å². The normalized spacial score (nSPS) is 24.0. The molecule has 3 rings (SSSR count). The Morgan fingerprint density at radius 2 is 1.96 bits per heavy atom. The smallest absolute Gasteiger partial charge is 0.127 e. The minimum absolute atomic E-state index is 0.369. The van der Waals surface area contributed by atoms with Crippen molar-refractivity contribution in [2.75, 3.05) is 53.5 Å². The maximum atomic E-state index is 5.71. The van der Waals surface area contributed by atoms with Crippen molar-refractivity contribution in [3.05, 3.63) is 23.8 Å². The Kier molecular flexibility index (Phi) is 5.98. The average Bonchev–Trinajstić information content (AvgIpc) is 3.12. The number of nitrogens with zero attached hydrogens (tertiary/aromatic N) is 2. The highest BCUT2D eigenvalue weighted by molar-refractivity contribution is 5.42. The number of nitrogens with one attached hydrogen (secondary N) is 1. The van der Waals surface area contributed by atoms with E-state index in [0.29, 0.717) is 12.1 Å². The molecule has 0 spiro atoms. The monoisotopic (exact) mass is 333 g/mol. The highest BCUT2D eigenvalue weighted by Gasteiger charge is 2.29. The van der Waals surface area contributed by atoms with Crippen LogP contribution in [-0.4, -0.2) is 69.3 Å². The van der Waals surface area contributed by atoms with E-state index >= 15 is 0 Å². The third-order valence-corrected chi connectivity index (χ3v) is 5.27. The second-order valence-electron chi connectivity index (χ2n) is 6.98. The van der Waals surface area contributed by atoms with E-state index in [2.05, 4.69) is 34.2 Å². The van der Waals surface area contributed by atoms with Gasteiger partial charge in [0.2, 0.25) is 0 Å². The van der Waals surface area contributed by atoms with Gasteiger partial charge in [-0.15, -0.1) is 0 Å². The van der Waals surface area contributed by atoms with Gasteiger partial charge >= 0.3 is 0 Å². The zero-order valence-corrected chi connectivity index (χ0v) is 15.3. The molecule has 0 saturated carbocycles. The van der Waals surface area contributed by atoms with Gasteiger partial charge in [-0.05, 0) is 38.9 Å². The number of hydrogen-bond acceptors (Lipinski definition) is 5.